The van der Waals surface area contributed by atoms with E-state index in [1.54, 1.807) is 29.2 Å². The predicted octanol–water partition coefficient (Wildman–Crippen LogP) is 5.51. The van der Waals surface area contributed by atoms with E-state index in [1.807, 2.05) is 0 Å². The predicted molar refractivity (Wildman–Crippen MR) is 145 cm³/mol. The lowest BCUT2D eigenvalue weighted by Crippen LogP contribution is -2.38. The average Bonchev–Trinajstić information content (AvgIpc) is 3.37. The van der Waals surface area contributed by atoms with Crippen LogP contribution in [0.1, 0.15) is 30.7 Å². The SMILES string of the molecule is N#CC1=C(N)N(c2nnc(SCC(=O)Nc3ccc(F)cc3F)s2)C2=C(C(=O)CCC2)C1c1ccc(Cl)cc1. The molecule has 39 heavy (non-hydrogen) atoms. The lowest BCUT2D eigenvalue weighted by Gasteiger charge is -2.38. The van der Waals surface area contributed by atoms with Crippen molar-refractivity contribution in [1.82, 2.24) is 10.2 Å². The van der Waals surface area contributed by atoms with Crippen LogP contribution in [0.2, 0.25) is 5.02 Å². The number of benzene rings is 2. The number of carbonyl (C=O) groups is 2. The second kappa shape index (κ2) is 11.1. The van der Waals surface area contributed by atoms with Crippen LogP contribution in [0.5, 0.6) is 0 Å². The van der Waals surface area contributed by atoms with Crippen molar-refractivity contribution in [3.05, 3.63) is 87.3 Å². The minimum absolute atomic E-state index is 0.0646. The van der Waals surface area contributed by atoms with E-state index in [1.165, 1.54) is 0 Å². The standard InChI is InChI=1S/C26H19ClF2N6O2S2/c27-14-6-4-13(5-7-14)22-16(11-30)24(31)35(19-2-1-3-20(36)23(19)22)25-33-34-26(39-25)38-12-21(37)32-18-9-8-15(28)10-17(18)29/h4-10,22H,1-3,12,31H2,(H,32,37). The molecule has 0 saturated carbocycles. The van der Waals surface area contributed by atoms with Gasteiger partial charge in [-0.05, 0) is 42.7 Å². The largest absolute Gasteiger partial charge is 0.384 e. The monoisotopic (exact) mass is 584 g/mol. The van der Waals surface area contributed by atoms with Crippen molar-refractivity contribution in [1.29, 1.82) is 5.26 Å². The van der Waals surface area contributed by atoms with Gasteiger partial charge in [0.2, 0.25) is 11.0 Å². The Kier molecular flexibility index (Phi) is 7.65. The zero-order chi connectivity index (χ0) is 27.7. The molecule has 5 rings (SSSR count). The fraction of sp³-hybridized carbons (Fsp3) is 0.192. The van der Waals surface area contributed by atoms with E-state index < -0.39 is 23.5 Å². The van der Waals surface area contributed by atoms with Crippen LogP contribution < -0.4 is 16.0 Å². The molecule has 3 N–H and O–H groups in total. The summed E-state index contributed by atoms with van der Waals surface area (Å²) in [5.41, 5.74) is 8.52. The molecule has 1 aromatic heterocycles. The second-order valence-electron chi connectivity index (χ2n) is 8.68. The van der Waals surface area contributed by atoms with Gasteiger partial charge in [-0.25, -0.2) is 8.78 Å². The maximum absolute atomic E-state index is 13.8. The molecule has 1 atom stereocenters. The van der Waals surface area contributed by atoms with Crippen LogP contribution in [0, 0.1) is 23.0 Å². The summed E-state index contributed by atoms with van der Waals surface area (Å²) in [7, 11) is 0. The number of anilines is 2. The maximum Gasteiger partial charge on any atom is 0.234 e. The number of nitriles is 1. The Bertz CT molecular complexity index is 1580. The number of hydrogen-bond donors (Lipinski definition) is 2. The molecule has 2 aromatic carbocycles. The Morgan fingerprint density at radius 3 is 2.72 bits per heavy atom. The Labute approximate surface area is 235 Å². The number of aromatic nitrogens is 2. The number of nitrogens with one attached hydrogen (secondary N) is 1. The molecule has 198 valence electrons. The molecule has 0 bridgehead atoms. The number of nitrogens with zero attached hydrogens (tertiary/aromatic N) is 4. The van der Waals surface area contributed by atoms with Gasteiger partial charge in [-0.3, -0.25) is 14.5 Å². The highest BCUT2D eigenvalue weighted by molar-refractivity contribution is 8.01. The highest BCUT2D eigenvalue weighted by Gasteiger charge is 2.41. The molecule has 1 unspecified atom stereocenters. The summed E-state index contributed by atoms with van der Waals surface area (Å²) in [5, 5.41) is 21.7. The van der Waals surface area contributed by atoms with Crippen LogP contribution in [0.25, 0.3) is 0 Å². The Morgan fingerprint density at radius 2 is 2.00 bits per heavy atom. The van der Waals surface area contributed by atoms with Gasteiger partial charge in [0, 0.05) is 28.8 Å². The first-order valence-electron chi connectivity index (χ1n) is 11.7. The van der Waals surface area contributed by atoms with Crippen LogP contribution in [-0.4, -0.2) is 27.6 Å². The molecule has 3 aromatic rings. The van der Waals surface area contributed by atoms with Gasteiger partial charge >= 0.3 is 0 Å². The third kappa shape index (κ3) is 5.38. The summed E-state index contributed by atoms with van der Waals surface area (Å²) >= 11 is 8.27. The first-order valence-corrected chi connectivity index (χ1v) is 13.9. The third-order valence-electron chi connectivity index (χ3n) is 6.24. The van der Waals surface area contributed by atoms with Gasteiger partial charge < -0.3 is 11.1 Å². The molecule has 1 aliphatic heterocycles. The first-order chi connectivity index (χ1) is 18.8. The Hall–Kier alpha value is -3.79. The van der Waals surface area contributed by atoms with Gasteiger partial charge in [-0.1, -0.05) is 46.8 Å². The number of thioether (sulfide) groups is 1. The molecule has 2 heterocycles. The molecule has 1 amide bonds. The molecule has 0 radical (unpaired) electrons. The van der Waals surface area contributed by atoms with Crippen molar-refractivity contribution in [2.75, 3.05) is 16.0 Å². The lowest BCUT2D eigenvalue weighted by molar-refractivity contribution is -0.116. The van der Waals surface area contributed by atoms with Crippen molar-refractivity contribution in [2.24, 2.45) is 5.73 Å². The van der Waals surface area contributed by atoms with Gasteiger partial charge in [0.25, 0.3) is 0 Å². The molecule has 1 aliphatic carbocycles. The quantitative estimate of drug-likeness (QED) is 0.364. The van der Waals surface area contributed by atoms with Crippen LogP contribution in [0.3, 0.4) is 0 Å². The number of allylic oxidation sites excluding steroid dienone is 3. The molecular formula is C26H19ClF2N6O2S2. The van der Waals surface area contributed by atoms with E-state index >= 15 is 0 Å². The average molecular weight is 585 g/mol. The smallest absolute Gasteiger partial charge is 0.234 e. The normalized spacial score (nSPS) is 17.2. The number of hydrogen-bond acceptors (Lipinski definition) is 9. The number of halogens is 3. The second-order valence-corrected chi connectivity index (χ2v) is 11.3. The minimum Gasteiger partial charge on any atom is -0.384 e. The molecular weight excluding hydrogens is 566 g/mol. The van der Waals surface area contributed by atoms with Crippen LogP contribution in [-0.2, 0) is 9.59 Å². The number of Topliss-reactive ketones (excluding diaryl/α,β-unsaturated/α-hetero) is 1. The van der Waals surface area contributed by atoms with Crippen molar-refractivity contribution < 1.29 is 18.4 Å². The van der Waals surface area contributed by atoms with E-state index in [0.29, 0.717) is 51.1 Å². The van der Waals surface area contributed by atoms with Crippen molar-refractivity contribution in [2.45, 2.75) is 29.5 Å². The maximum atomic E-state index is 13.8. The first kappa shape index (κ1) is 26.8. The Balaban J connectivity index is 1.41. The van der Waals surface area contributed by atoms with Crippen molar-refractivity contribution in [3.63, 3.8) is 0 Å². The number of nitrogens with two attached hydrogens (primary N) is 1. The molecule has 0 saturated heterocycles. The minimum atomic E-state index is -0.879. The zero-order valence-corrected chi connectivity index (χ0v) is 22.5. The lowest BCUT2D eigenvalue weighted by atomic mass is 9.76. The van der Waals surface area contributed by atoms with E-state index in [4.69, 9.17) is 17.3 Å². The summed E-state index contributed by atoms with van der Waals surface area (Å²) in [5.74, 6) is -2.78. The molecule has 13 heteroatoms. The number of amides is 1. The van der Waals surface area contributed by atoms with E-state index in [0.717, 1.165) is 40.8 Å². The molecule has 2 aliphatic rings. The van der Waals surface area contributed by atoms with Gasteiger partial charge in [-0.2, -0.15) is 5.26 Å². The van der Waals surface area contributed by atoms with E-state index in [2.05, 4.69) is 21.6 Å². The third-order valence-corrected chi connectivity index (χ3v) is 8.53. The van der Waals surface area contributed by atoms with Gasteiger partial charge in [0.05, 0.1) is 29.0 Å². The highest BCUT2D eigenvalue weighted by atomic mass is 35.5. The fourth-order valence-corrected chi connectivity index (χ4v) is 6.36. The van der Waals surface area contributed by atoms with Gasteiger partial charge in [0.15, 0.2) is 10.1 Å². The van der Waals surface area contributed by atoms with Crippen LogP contribution >= 0.6 is 34.7 Å². The van der Waals surface area contributed by atoms with E-state index in [-0.39, 0.29) is 28.6 Å². The Morgan fingerprint density at radius 1 is 1.23 bits per heavy atom. The topological polar surface area (TPSA) is 125 Å². The molecule has 0 fully saturated rings. The van der Waals surface area contributed by atoms with Gasteiger partial charge in [-0.15, -0.1) is 10.2 Å². The fourth-order valence-electron chi connectivity index (χ4n) is 4.55. The van der Waals surface area contributed by atoms with Gasteiger partial charge in [0.1, 0.15) is 17.5 Å². The summed E-state index contributed by atoms with van der Waals surface area (Å²) in [6.45, 7) is 0. The highest BCUT2D eigenvalue weighted by Crippen LogP contribution is 2.47. The van der Waals surface area contributed by atoms with Crippen LogP contribution in [0.4, 0.5) is 19.6 Å². The molecule has 8 nitrogen and oxygen atoms in total. The summed E-state index contributed by atoms with van der Waals surface area (Å²) < 4.78 is 27.4. The van der Waals surface area contributed by atoms with Crippen molar-refractivity contribution in [3.8, 4) is 6.07 Å². The number of ketones is 1. The summed E-state index contributed by atoms with van der Waals surface area (Å²) in [4.78, 5) is 27.1. The zero-order valence-electron chi connectivity index (χ0n) is 20.1. The molecule has 0 spiro atoms. The van der Waals surface area contributed by atoms with E-state index in [9.17, 15) is 23.6 Å². The van der Waals surface area contributed by atoms with Crippen LogP contribution in [0.15, 0.2) is 69.5 Å². The number of carbonyl (C=O) groups excluding carboxylic acids is 2. The number of rotatable bonds is 6. The summed E-state index contributed by atoms with van der Waals surface area (Å²) in [6, 6.07) is 12.0. The van der Waals surface area contributed by atoms with Crippen molar-refractivity contribution >= 4 is 57.2 Å². The summed E-state index contributed by atoms with van der Waals surface area (Å²) in [6.07, 6.45) is 1.53.